The van der Waals surface area contributed by atoms with Gasteiger partial charge in [0.25, 0.3) is 0 Å². The topological polar surface area (TPSA) is 52.6 Å². The van der Waals surface area contributed by atoms with E-state index < -0.39 is 12.1 Å². The number of esters is 1. The summed E-state index contributed by atoms with van der Waals surface area (Å²) in [6.07, 6.45) is 5.90. The molecule has 0 radical (unpaired) electrons. The molecule has 4 bridgehead atoms. The molecule has 4 aliphatic rings. The number of hydrogen-bond acceptors (Lipinski definition) is 4. The Labute approximate surface area is 169 Å². The van der Waals surface area contributed by atoms with E-state index in [4.69, 9.17) is 32.7 Å². The van der Waals surface area contributed by atoms with Gasteiger partial charge < -0.3 is 9.47 Å². The molecule has 6 heteroatoms. The van der Waals surface area contributed by atoms with Crippen molar-refractivity contribution in [2.24, 2.45) is 23.2 Å². The molecule has 0 N–H and O–H groups in total. The Balaban J connectivity index is 1.33. The Kier molecular flexibility index (Phi) is 5.15. The second kappa shape index (κ2) is 7.29. The molecule has 1 atom stereocenters. The second-order valence-electron chi connectivity index (χ2n) is 8.56. The maximum Gasteiger partial charge on any atom is 0.347 e. The van der Waals surface area contributed by atoms with E-state index >= 15 is 0 Å². The molecule has 0 unspecified atom stereocenters. The molecule has 0 aliphatic heterocycles. The van der Waals surface area contributed by atoms with Crippen molar-refractivity contribution in [3.05, 3.63) is 28.2 Å². The van der Waals surface area contributed by atoms with Gasteiger partial charge in [-0.3, -0.25) is 4.79 Å². The highest BCUT2D eigenvalue weighted by molar-refractivity contribution is 6.35. The number of ether oxygens (including phenoxy) is 2. The summed E-state index contributed by atoms with van der Waals surface area (Å²) in [5, 5.41) is 0.815. The summed E-state index contributed by atoms with van der Waals surface area (Å²) in [7, 11) is 0. The molecule has 4 saturated carbocycles. The summed E-state index contributed by atoms with van der Waals surface area (Å²) in [4.78, 5) is 25.2. The van der Waals surface area contributed by atoms with E-state index in [9.17, 15) is 9.59 Å². The summed E-state index contributed by atoms with van der Waals surface area (Å²) in [6.45, 7) is 1.43. The highest BCUT2D eigenvalue weighted by Crippen LogP contribution is 2.60. The van der Waals surface area contributed by atoms with Gasteiger partial charge in [-0.2, -0.15) is 0 Å². The van der Waals surface area contributed by atoms with Gasteiger partial charge >= 0.3 is 5.97 Å². The maximum atomic E-state index is 12.9. The van der Waals surface area contributed by atoms with Crippen molar-refractivity contribution in [2.75, 3.05) is 6.61 Å². The molecular formula is C21H24Cl2O4. The van der Waals surface area contributed by atoms with Crippen LogP contribution in [0.4, 0.5) is 0 Å². The third kappa shape index (κ3) is 3.84. The van der Waals surface area contributed by atoms with Gasteiger partial charge in [0.1, 0.15) is 5.75 Å². The van der Waals surface area contributed by atoms with Crippen LogP contribution in [0.25, 0.3) is 0 Å². The number of Topliss-reactive ketones (excluding diaryl/α,β-unsaturated/α-hetero) is 1. The Bertz CT molecular complexity index is 725. The van der Waals surface area contributed by atoms with Crippen LogP contribution in [0.5, 0.6) is 5.75 Å². The van der Waals surface area contributed by atoms with Gasteiger partial charge in [-0.1, -0.05) is 23.2 Å². The van der Waals surface area contributed by atoms with Crippen molar-refractivity contribution in [3.63, 3.8) is 0 Å². The lowest BCUT2D eigenvalue weighted by atomic mass is 9.48. The molecule has 0 spiro atoms. The van der Waals surface area contributed by atoms with Crippen LogP contribution in [-0.2, 0) is 14.3 Å². The molecule has 0 amide bonds. The third-order valence-corrected chi connectivity index (χ3v) is 7.04. The van der Waals surface area contributed by atoms with Gasteiger partial charge in [0.15, 0.2) is 18.5 Å². The standard InChI is InChI=1S/C21H24Cl2O4/c1-12(27-18-3-2-16(22)7-17(18)23)20(25)26-11-19(24)21-8-13-4-14(9-21)6-15(5-13)10-21/h2-3,7,12-15H,4-6,8-11H2,1H3/t12-,13?,14?,15?,21?/m0/s1. The number of benzene rings is 1. The quantitative estimate of drug-likeness (QED) is 0.612. The summed E-state index contributed by atoms with van der Waals surface area (Å²) in [6, 6.07) is 4.79. The van der Waals surface area contributed by atoms with E-state index in [1.54, 1.807) is 25.1 Å². The number of carbonyl (C=O) groups is 2. The monoisotopic (exact) mass is 410 g/mol. The van der Waals surface area contributed by atoms with Crippen molar-refractivity contribution in [1.82, 2.24) is 0 Å². The molecule has 0 heterocycles. The van der Waals surface area contributed by atoms with Crippen LogP contribution in [0.1, 0.15) is 45.4 Å². The predicted molar refractivity (Wildman–Crippen MR) is 103 cm³/mol. The minimum Gasteiger partial charge on any atom is -0.477 e. The molecule has 1 aromatic carbocycles. The van der Waals surface area contributed by atoms with Crippen LogP contribution >= 0.6 is 23.2 Å². The minimum atomic E-state index is -0.854. The molecule has 4 fully saturated rings. The second-order valence-corrected chi connectivity index (χ2v) is 9.41. The Morgan fingerprint density at radius 3 is 2.26 bits per heavy atom. The van der Waals surface area contributed by atoms with E-state index in [2.05, 4.69) is 0 Å². The Hall–Kier alpha value is -1.26. The van der Waals surface area contributed by atoms with Crippen molar-refractivity contribution in [2.45, 2.75) is 51.6 Å². The van der Waals surface area contributed by atoms with Gasteiger partial charge in [-0.05, 0) is 81.4 Å². The molecule has 27 heavy (non-hydrogen) atoms. The molecule has 4 nitrogen and oxygen atoms in total. The minimum absolute atomic E-state index is 0.0895. The van der Waals surface area contributed by atoms with Crippen LogP contribution < -0.4 is 4.74 Å². The van der Waals surface area contributed by atoms with E-state index in [0.717, 1.165) is 19.3 Å². The molecular weight excluding hydrogens is 387 g/mol. The molecule has 146 valence electrons. The zero-order chi connectivity index (χ0) is 19.2. The first-order valence-electron chi connectivity index (χ1n) is 9.66. The van der Waals surface area contributed by atoms with Crippen molar-refractivity contribution < 1.29 is 19.1 Å². The SMILES string of the molecule is C[C@H](Oc1ccc(Cl)cc1Cl)C(=O)OCC(=O)C12CC3CC(CC(C3)C1)C2. The summed E-state index contributed by atoms with van der Waals surface area (Å²) >= 11 is 11.9. The van der Waals surface area contributed by atoms with E-state index in [1.165, 1.54) is 19.3 Å². The van der Waals surface area contributed by atoms with Crippen LogP contribution in [-0.4, -0.2) is 24.5 Å². The molecule has 4 aliphatic carbocycles. The van der Waals surface area contributed by atoms with Crippen LogP contribution in [0.3, 0.4) is 0 Å². The fraction of sp³-hybridized carbons (Fsp3) is 0.619. The molecule has 0 saturated heterocycles. The normalized spacial score (nSPS) is 32.2. The number of carbonyl (C=O) groups excluding carboxylic acids is 2. The summed E-state index contributed by atoms with van der Waals surface area (Å²) < 4.78 is 10.9. The number of rotatable bonds is 6. The first-order valence-corrected chi connectivity index (χ1v) is 10.4. The first-order chi connectivity index (χ1) is 12.8. The fourth-order valence-electron chi connectivity index (χ4n) is 5.67. The lowest BCUT2D eigenvalue weighted by Gasteiger charge is -2.55. The maximum absolute atomic E-state index is 12.9. The Morgan fingerprint density at radius 2 is 1.70 bits per heavy atom. The van der Waals surface area contributed by atoms with Crippen molar-refractivity contribution >= 4 is 35.0 Å². The van der Waals surface area contributed by atoms with E-state index in [0.29, 0.717) is 33.5 Å². The number of halogens is 2. The van der Waals surface area contributed by atoms with E-state index in [1.807, 2.05) is 0 Å². The van der Waals surface area contributed by atoms with Crippen LogP contribution in [0.2, 0.25) is 10.0 Å². The number of ketones is 1. The predicted octanol–water partition coefficient (Wildman–Crippen LogP) is 5.09. The average Bonchev–Trinajstić information content (AvgIpc) is 2.60. The molecule has 0 aromatic heterocycles. The smallest absolute Gasteiger partial charge is 0.347 e. The lowest BCUT2D eigenvalue weighted by molar-refractivity contribution is -0.161. The largest absolute Gasteiger partial charge is 0.477 e. The van der Waals surface area contributed by atoms with Crippen molar-refractivity contribution in [3.8, 4) is 5.75 Å². The van der Waals surface area contributed by atoms with Crippen LogP contribution in [0, 0.1) is 23.2 Å². The average molecular weight is 411 g/mol. The summed E-state index contributed by atoms with van der Waals surface area (Å²) in [5.74, 6) is 1.95. The number of hydrogen-bond donors (Lipinski definition) is 0. The highest BCUT2D eigenvalue weighted by atomic mass is 35.5. The first kappa shape index (κ1) is 19.1. The van der Waals surface area contributed by atoms with Gasteiger partial charge in [0.2, 0.25) is 0 Å². The van der Waals surface area contributed by atoms with Gasteiger partial charge in [-0.15, -0.1) is 0 Å². The molecule has 1 aromatic rings. The summed E-state index contributed by atoms with van der Waals surface area (Å²) in [5.41, 5.74) is -0.251. The molecule has 5 rings (SSSR count). The zero-order valence-corrected chi connectivity index (χ0v) is 16.9. The third-order valence-electron chi connectivity index (χ3n) is 6.50. The van der Waals surface area contributed by atoms with E-state index in [-0.39, 0.29) is 17.8 Å². The van der Waals surface area contributed by atoms with Gasteiger partial charge in [0.05, 0.1) is 5.02 Å². The fourth-order valence-corrected chi connectivity index (χ4v) is 6.12. The van der Waals surface area contributed by atoms with Crippen LogP contribution in [0.15, 0.2) is 18.2 Å². The van der Waals surface area contributed by atoms with Gasteiger partial charge in [0, 0.05) is 10.4 Å². The lowest BCUT2D eigenvalue weighted by Crippen LogP contribution is -2.51. The highest BCUT2D eigenvalue weighted by Gasteiger charge is 2.54. The Morgan fingerprint density at radius 1 is 1.11 bits per heavy atom. The zero-order valence-electron chi connectivity index (χ0n) is 15.4. The van der Waals surface area contributed by atoms with Crippen molar-refractivity contribution in [1.29, 1.82) is 0 Å². The van der Waals surface area contributed by atoms with Gasteiger partial charge in [-0.25, -0.2) is 4.79 Å².